The minimum absolute atomic E-state index is 0.0235. The largest absolute Gasteiger partial charge is 0.477 e. The smallest absolute Gasteiger partial charge is 0.341 e. The van der Waals surface area contributed by atoms with Crippen molar-refractivity contribution in [3.63, 3.8) is 0 Å². The predicted molar refractivity (Wildman–Crippen MR) is 128 cm³/mol. The zero-order valence-corrected chi connectivity index (χ0v) is 19.7. The van der Waals surface area contributed by atoms with Gasteiger partial charge in [0, 0.05) is 31.4 Å². The van der Waals surface area contributed by atoms with Gasteiger partial charge in [0.05, 0.1) is 27.7 Å². The summed E-state index contributed by atoms with van der Waals surface area (Å²) in [4.78, 5) is 38.4. The van der Waals surface area contributed by atoms with Crippen molar-refractivity contribution in [1.29, 1.82) is 0 Å². The van der Waals surface area contributed by atoms with E-state index in [2.05, 4.69) is 5.32 Å². The Morgan fingerprint density at radius 1 is 1.39 bits per heavy atom. The molecule has 4 rings (SSSR count). The van der Waals surface area contributed by atoms with Crippen molar-refractivity contribution in [3.8, 4) is 0 Å². The van der Waals surface area contributed by atoms with Crippen LogP contribution in [0.2, 0.25) is 5.02 Å². The van der Waals surface area contributed by atoms with Crippen molar-refractivity contribution in [2.45, 2.75) is 43.8 Å². The zero-order chi connectivity index (χ0) is 23.9. The minimum Gasteiger partial charge on any atom is -0.477 e. The molecule has 4 N–H and O–H groups in total. The van der Waals surface area contributed by atoms with E-state index >= 15 is 4.39 Å². The molecule has 2 heterocycles. The number of rotatable bonds is 8. The molecule has 1 saturated heterocycles. The summed E-state index contributed by atoms with van der Waals surface area (Å²) in [5, 5.41) is 12.4. The summed E-state index contributed by atoms with van der Waals surface area (Å²) < 4.78 is 16.9. The molecule has 11 heteroatoms. The number of nitrogens with two attached hydrogens (primary N) is 1. The standard InChI is InChI=1S/C22H26ClFN4O4S/c1-33-7-5-16(25)21(30)26-11-4-6-27(9-11)19-15(24)8-13-18(17(19)23)28(12-2-3-12)10-14(20(13)29)22(31)32/h8,10-12,16H,2-7,9,25H2,1H3,(H,26,30)(H,31,32). The number of carboxylic acid groups (broad SMARTS) is 1. The lowest BCUT2D eigenvalue weighted by Crippen LogP contribution is -2.46. The fourth-order valence-corrected chi connectivity index (χ4v) is 5.18. The van der Waals surface area contributed by atoms with Crippen molar-refractivity contribution in [2.75, 3.05) is 30.0 Å². The number of nitrogens with one attached hydrogen (secondary N) is 1. The normalized spacial score (nSPS) is 19.2. The predicted octanol–water partition coefficient (Wildman–Crippen LogP) is 2.60. The molecule has 1 aliphatic heterocycles. The second kappa shape index (κ2) is 9.52. The number of hydrogen-bond donors (Lipinski definition) is 3. The third kappa shape index (κ3) is 4.69. The van der Waals surface area contributed by atoms with Crippen LogP contribution in [0.25, 0.3) is 10.9 Å². The average molecular weight is 497 g/mol. The summed E-state index contributed by atoms with van der Waals surface area (Å²) >= 11 is 8.29. The molecule has 2 unspecified atom stereocenters. The van der Waals surface area contributed by atoms with Crippen LogP contribution >= 0.6 is 23.4 Å². The lowest BCUT2D eigenvalue weighted by Gasteiger charge is -2.24. The van der Waals surface area contributed by atoms with Gasteiger partial charge in [0.15, 0.2) is 0 Å². The maximum Gasteiger partial charge on any atom is 0.341 e. The number of anilines is 1. The maximum atomic E-state index is 15.2. The van der Waals surface area contributed by atoms with E-state index in [0.717, 1.165) is 24.7 Å². The highest BCUT2D eigenvalue weighted by atomic mass is 35.5. The van der Waals surface area contributed by atoms with Gasteiger partial charge in [0.2, 0.25) is 11.3 Å². The first-order chi connectivity index (χ1) is 15.7. The number of halogens is 2. The fourth-order valence-electron chi connectivity index (χ4n) is 4.28. The Bertz CT molecular complexity index is 1170. The molecule has 2 aromatic rings. The topological polar surface area (TPSA) is 118 Å². The molecule has 1 aromatic carbocycles. The van der Waals surface area contributed by atoms with Crippen LogP contribution < -0.4 is 21.4 Å². The Labute approximate surface area is 199 Å². The number of benzene rings is 1. The fraction of sp³-hybridized carbons (Fsp3) is 0.500. The van der Waals surface area contributed by atoms with Gasteiger partial charge in [0.25, 0.3) is 0 Å². The number of carboxylic acids is 1. The molecule has 1 amide bonds. The van der Waals surface area contributed by atoms with Gasteiger partial charge in [0.1, 0.15) is 11.4 Å². The number of pyridine rings is 1. The molecule has 178 valence electrons. The van der Waals surface area contributed by atoms with Crippen LogP contribution in [0, 0.1) is 5.82 Å². The van der Waals surface area contributed by atoms with E-state index in [4.69, 9.17) is 17.3 Å². The molecule has 2 aliphatic rings. The summed E-state index contributed by atoms with van der Waals surface area (Å²) in [5.41, 5.74) is 5.28. The molecule has 0 radical (unpaired) electrons. The molecule has 2 fully saturated rings. The van der Waals surface area contributed by atoms with Crippen molar-refractivity contribution in [1.82, 2.24) is 9.88 Å². The Morgan fingerprint density at radius 3 is 2.76 bits per heavy atom. The van der Waals surface area contributed by atoms with Crippen molar-refractivity contribution in [3.05, 3.63) is 38.9 Å². The number of hydrogen-bond acceptors (Lipinski definition) is 6. The number of nitrogens with zero attached hydrogens (tertiary/aromatic N) is 2. The number of carbonyl (C=O) groups is 2. The first-order valence-electron chi connectivity index (χ1n) is 10.8. The van der Waals surface area contributed by atoms with Crippen LogP contribution in [0.3, 0.4) is 0 Å². The Kier molecular flexibility index (Phi) is 6.88. The monoisotopic (exact) mass is 496 g/mol. The molecule has 2 atom stereocenters. The van der Waals surface area contributed by atoms with Crippen LogP contribution in [-0.2, 0) is 4.79 Å². The van der Waals surface area contributed by atoms with Gasteiger partial charge < -0.3 is 25.6 Å². The molecule has 1 saturated carbocycles. The van der Waals surface area contributed by atoms with E-state index in [1.54, 1.807) is 21.2 Å². The van der Waals surface area contributed by atoms with Gasteiger partial charge >= 0.3 is 5.97 Å². The summed E-state index contributed by atoms with van der Waals surface area (Å²) in [6.45, 7) is 0.817. The number of fused-ring (bicyclic) bond motifs is 1. The van der Waals surface area contributed by atoms with Gasteiger partial charge in [-0.05, 0) is 43.8 Å². The van der Waals surface area contributed by atoms with Crippen molar-refractivity contribution < 1.29 is 19.1 Å². The highest BCUT2D eigenvalue weighted by Crippen LogP contribution is 2.42. The van der Waals surface area contributed by atoms with E-state index in [9.17, 15) is 19.5 Å². The maximum absolute atomic E-state index is 15.2. The number of aromatic carboxylic acids is 1. The number of carbonyl (C=O) groups excluding carboxylic acids is 1. The quantitative estimate of drug-likeness (QED) is 0.514. The molecule has 0 bridgehead atoms. The molecule has 1 aromatic heterocycles. The van der Waals surface area contributed by atoms with Crippen molar-refractivity contribution in [2.24, 2.45) is 5.73 Å². The summed E-state index contributed by atoms with van der Waals surface area (Å²) in [5.74, 6) is -1.50. The van der Waals surface area contributed by atoms with Crippen LogP contribution in [0.5, 0.6) is 0 Å². The van der Waals surface area contributed by atoms with Crippen LogP contribution in [0.4, 0.5) is 10.1 Å². The molecule has 33 heavy (non-hydrogen) atoms. The highest BCUT2D eigenvalue weighted by molar-refractivity contribution is 7.98. The number of amides is 1. The molecular weight excluding hydrogens is 471 g/mol. The van der Waals surface area contributed by atoms with E-state index in [-0.39, 0.29) is 34.1 Å². The van der Waals surface area contributed by atoms with Gasteiger partial charge in [-0.2, -0.15) is 11.8 Å². The first kappa shape index (κ1) is 23.8. The van der Waals surface area contributed by atoms with Crippen LogP contribution in [0.15, 0.2) is 17.1 Å². The third-order valence-electron chi connectivity index (χ3n) is 6.18. The number of thioether (sulfide) groups is 1. The van der Waals surface area contributed by atoms with Gasteiger partial charge in [-0.1, -0.05) is 11.6 Å². The van der Waals surface area contributed by atoms with Gasteiger partial charge in [-0.3, -0.25) is 9.59 Å². The second-order valence-electron chi connectivity index (χ2n) is 8.56. The third-order valence-corrected chi connectivity index (χ3v) is 7.18. The van der Waals surface area contributed by atoms with Crippen LogP contribution in [0.1, 0.15) is 42.1 Å². The SMILES string of the molecule is CSCCC(N)C(=O)NC1CCN(c2c(F)cc3c(=O)c(C(=O)O)cn(C4CC4)c3c2Cl)C1. The minimum atomic E-state index is -1.36. The van der Waals surface area contributed by atoms with Gasteiger partial charge in [-0.25, -0.2) is 9.18 Å². The lowest BCUT2D eigenvalue weighted by molar-refractivity contribution is -0.122. The van der Waals surface area contributed by atoms with Crippen molar-refractivity contribution >= 4 is 51.8 Å². The van der Waals surface area contributed by atoms with E-state index < -0.39 is 28.8 Å². The summed E-state index contributed by atoms with van der Waals surface area (Å²) in [6.07, 6.45) is 6.09. The second-order valence-corrected chi connectivity index (χ2v) is 9.92. The Hall–Kier alpha value is -2.30. The molecule has 8 nitrogen and oxygen atoms in total. The average Bonchev–Trinajstić information content (AvgIpc) is 3.52. The number of aromatic nitrogens is 1. The van der Waals surface area contributed by atoms with E-state index in [1.807, 2.05) is 6.26 Å². The van der Waals surface area contributed by atoms with E-state index in [1.165, 1.54) is 6.20 Å². The molecular formula is C22H26ClFN4O4S. The summed E-state index contributed by atoms with van der Waals surface area (Å²) in [6, 6.07) is 0.303. The Morgan fingerprint density at radius 2 is 2.12 bits per heavy atom. The lowest BCUT2D eigenvalue weighted by atomic mass is 10.1. The summed E-state index contributed by atoms with van der Waals surface area (Å²) in [7, 11) is 0. The van der Waals surface area contributed by atoms with E-state index in [0.29, 0.717) is 31.4 Å². The van der Waals surface area contributed by atoms with Gasteiger partial charge in [-0.15, -0.1) is 0 Å². The molecule has 0 spiro atoms. The molecule has 1 aliphatic carbocycles. The Balaban J connectivity index is 1.65. The van der Waals surface area contributed by atoms with Crippen LogP contribution in [-0.4, -0.2) is 58.7 Å². The highest BCUT2D eigenvalue weighted by Gasteiger charge is 2.33. The zero-order valence-electron chi connectivity index (χ0n) is 18.1. The first-order valence-corrected chi connectivity index (χ1v) is 12.6.